The molecule has 0 aliphatic carbocycles. The van der Waals surface area contributed by atoms with Gasteiger partial charge in [0.15, 0.2) is 0 Å². The zero-order chi connectivity index (χ0) is 9.26. The maximum Gasteiger partial charge on any atom is 0.260 e. The molecule has 2 heterocycles. The largest absolute Gasteiger partial charge is 0.330 e. The molecule has 13 heavy (non-hydrogen) atoms. The SMILES string of the molecule is O=c1[nH]cnc2c1ccn2CCF. The van der Waals surface area contributed by atoms with Crippen LogP contribution in [0.3, 0.4) is 0 Å². The molecule has 0 spiro atoms. The summed E-state index contributed by atoms with van der Waals surface area (Å²) in [5, 5.41) is 0.496. The predicted octanol–water partition coefficient (Wildman–Crippen LogP) is 0.694. The maximum absolute atomic E-state index is 12.1. The van der Waals surface area contributed by atoms with Gasteiger partial charge >= 0.3 is 0 Å². The Bertz CT molecular complexity index is 473. The minimum atomic E-state index is -0.460. The second-order valence-corrected chi connectivity index (χ2v) is 2.67. The molecule has 0 aromatic carbocycles. The molecule has 0 saturated carbocycles. The molecule has 4 nitrogen and oxygen atoms in total. The van der Waals surface area contributed by atoms with E-state index in [2.05, 4.69) is 9.97 Å². The van der Waals surface area contributed by atoms with E-state index in [1.54, 1.807) is 16.8 Å². The highest BCUT2D eigenvalue weighted by atomic mass is 19.1. The van der Waals surface area contributed by atoms with E-state index in [1.807, 2.05) is 0 Å². The molecule has 0 unspecified atom stereocenters. The first-order chi connectivity index (χ1) is 6.33. The minimum Gasteiger partial charge on any atom is -0.330 e. The molecule has 5 heteroatoms. The lowest BCUT2D eigenvalue weighted by molar-refractivity contribution is 0.450. The topological polar surface area (TPSA) is 50.7 Å². The van der Waals surface area contributed by atoms with Gasteiger partial charge in [0.1, 0.15) is 12.3 Å². The first-order valence-corrected chi connectivity index (χ1v) is 3.91. The van der Waals surface area contributed by atoms with Gasteiger partial charge in [-0.3, -0.25) is 4.79 Å². The van der Waals surface area contributed by atoms with E-state index in [0.717, 1.165) is 0 Å². The Balaban J connectivity index is 2.68. The van der Waals surface area contributed by atoms with Crippen LogP contribution < -0.4 is 5.56 Å². The summed E-state index contributed by atoms with van der Waals surface area (Å²) < 4.78 is 13.7. The summed E-state index contributed by atoms with van der Waals surface area (Å²) in [6, 6.07) is 1.64. The van der Waals surface area contributed by atoms with Crippen LogP contribution in [0.5, 0.6) is 0 Å². The Morgan fingerprint density at radius 1 is 1.62 bits per heavy atom. The molecule has 0 aliphatic rings. The zero-order valence-electron chi connectivity index (χ0n) is 6.83. The highest BCUT2D eigenvalue weighted by Crippen LogP contribution is 2.06. The fourth-order valence-electron chi connectivity index (χ4n) is 1.29. The number of alkyl halides is 1. The molecule has 0 bridgehead atoms. The van der Waals surface area contributed by atoms with Crippen molar-refractivity contribution in [3.05, 3.63) is 28.9 Å². The molecule has 0 atom stereocenters. The third kappa shape index (κ3) is 1.22. The second-order valence-electron chi connectivity index (χ2n) is 2.67. The number of halogens is 1. The molecule has 0 amide bonds. The fourth-order valence-corrected chi connectivity index (χ4v) is 1.29. The second kappa shape index (κ2) is 3.01. The van der Waals surface area contributed by atoms with Crippen LogP contribution >= 0.6 is 0 Å². The lowest BCUT2D eigenvalue weighted by Gasteiger charge is -1.98. The van der Waals surface area contributed by atoms with Crippen molar-refractivity contribution < 1.29 is 4.39 Å². The molecule has 2 aromatic heterocycles. The van der Waals surface area contributed by atoms with E-state index in [1.165, 1.54) is 6.33 Å². The van der Waals surface area contributed by atoms with E-state index < -0.39 is 6.67 Å². The molecular weight excluding hydrogens is 173 g/mol. The lowest BCUT2D eigenvalue weighted by atomic mass is 10.4. The molecule has 0 fully saturated rings. The van der Waals surface area contributed by atoms with Crippen LogP contribution in [0, 0.1) is 0 Å². The Morgan fingerprint density at radius 3 is 3.23 bits per heavy atom. The van der Waals surface area contributed by atoms with Crippen LogP contribution in [-0.4, -0.2) is 21.2 Å². The van der Waals surface area contributed by atoms with Crippen LogP contribution in [0.1, 0.15) is 0 Å². The molecule has 0 aliphatic heterocycles. The molecule has 2 aromatic rings. The monoisotopic (exact) mass is 181 g/mol. The third-order valence-corrected chi connectivity index (χ3v) is 1.89. The quantitative estimate of drug-likeness (QED) is 0.741. The van der Waals surface area contributed by atoms with Gasteiger partial charge in [0.2, 0.25) is 0 Å². The predicted molar refractivity (Wildman–Crippen MR) is 46.3 cm³/mol. The van der Waals surface area contributed by atoms with E-state index in [4.69, 9.17) is 0 Å². The van der Waals surface area contributed by atoms with Gasteiger partial charge < -0.3 is 9.55 Å². The number of aromatic nitrogens is 3. The first kappa shape index (κ1) is 7.97. The van der Waals surface area contributed by atoms with Crippen molar-refractivity contribution in [1.29, 1.82) is 0 Å². The van der Waals surface area contributed by atoms with E-state index in [9.17, 15) is 9.18 Å². The molecule has 1 N–H and O–H groups in total. The van der Waals surface area contributed by atoms with Crippen LogP contribution in [0.2, 0.25) is 0 Å². The van der Waals surface area contributed by atoms with Gasteiger partial charge in [-0.25, -0.2) is 9.37 Å². The molecule has 0 radical (unpaired) electrons. The number of aryl methyl sites for hydroxylation is 1. The zero-order valence-corrected chi connectivity index (χ0v) is 6.83. The van der Waals surface area contributed by atoms with Gasteiger partial charge in [-0.15, -0.1) is 0 Å². The van der Waals surface area contributed by atoms with E-state index in [0.29, 0.717) is 11.0 Å². The van der Waals surface area contributed by atoms with Crippen molar-refractivity contribution >= 4 is 11.0 Å². The lowest BCUT2D eigenvalue weighted by Crippen LogP contribution is -2.07. The van der Waals surface area contributed by atoms with Gasteiger partial charge in [0, 0.05) is 6.20 Å². The average molecular weight is 181 g/mol. The van der Waals surface area contributed by atoms with Gasteiger partial charge in [-0.1, -0.05) is 0 Å². The normalized spacial score (nSPS) is 10.8. The van der Waals surface area contributed by atoms with Gasteiger partial charge in [0.25, 0.3) is 5.56 Å². The average Bonchev–Trinajstić information content (AvgIpc) is 2.51. The van der Waals surface area contributed by atoms with Crippen LogP contribution in [0.4, 0.5) is 4.39 Å². The summed E-state index contributed by atoms with van der Waals surface area (Å²) >= 11 is 0. The van der Waals surface area contributed by atoms with Crippen molar-refractivity contribution in [1.82, 2.24) is 14.5 Å². The van der Waals surface area contributed by atoms with Gasteiger partial charge in [0.05, 0.1) is 18.3 Å². The number of hydrogen-bond acceptors (Lipinski definition) is 2. The smallest absolute Gasteiger partial charge is 0.260 e. The minimum absolute atomic E-state index is 0.192. The fraction of sp³-hybridized carbons (Fsp3) is 0.250. The maximum atomic E-state index is 12.1. The van der Waals surface area contributed by atoms with Crippen molar-refractivity contribution in [2.24, 2.45) is 0 Å². The number of aromatic amines is 1. The van der Waals surface area contributed by atoms with Gasteiger partial charge in [-0.2, -0.15) is 0 Å². The van der Waals surface area contributed by atoms with Gasteiger partial charge in [-0.05, 0) is 6.07 Å². The van der Waals surface area contributed by atoms with Crippen molar-refractivity contribution in [2.75, 3.05) is 6.67 Å². The highest BCUT2D eigenvalue weighted by Gasteiger charge is 2.03. The number of hydrogen-bond donors (Lipinski definition) is 1. The Morgan fingerprint density at radius 2 is 2.46 bits per heavy atom. The summed E-state index contributed by atoms with van der Waals surface area (Å²) in [4.78, 5) is 17.6. The molecule has 68 valence electrons. The number of fused-ring (bicyclic) bond motifs is 1. The standard InChI is InChI=1S/C8H8FN3O/c9-2-4-12-3-1-6-7(12)10-5-11-8(6)13/h1,3,5H,2,4H2,(H,10,11,13). The molecular formula is C8H8FN3O. The highest BCUT2D eigenvalue weighted by molar-refractivity contribution is 5.74. The van der Waals surface area contributed by atoms with Crippen LogP contribution in [0.25, 0.3) is 11.0 Å². The third-order valence-electron chi connectivity index (χ3n) is 1.89. The molecule has 0 saturated heterocycles. The van der Waals surface area contributed by atoms with Crippen molar-refractivity contribution in [2.45, 2.75) is 6.54 Å². The number of nitrogens with zero attached hydrogens (tertiary/aromatic N) is 2. The van der Waals surface area contributed by atoms with E-state index >= 15 is 0 Å². The van der Waals surface area contributed by atoms with Crippen molar-refractivity contribution in [3.8, 4) is 0 Å². The summed E-state index contributed by atoms with van der Waals surface area (Å²) in [5.74, 6) is 0. The first-order valence-electron chi connectivity index (χ1n) is 3.91. The van der Waals surface area contributed by atoms with E-state index in [-0.39, 0.29) is 12.1 Å². The summed E-state index contributed by atoms with van der Waals surface area (Å²) in [6.07, 6.45) is 2.98. The summed E-state index contributed by atoms with van der Waals surface area (Å²) in [6.45, 7) is -0.224. The Labute approximate surface area is 73.0 Å². The molecule has 2 rings (SSSR count). The number of H-pyrrole nitrogens is 1. The summed E-state index contributed by atoms with van der Waals surface area (Å²) in [5.41, 5.74) is 0.337. The van der Waals surface area contributed by atoms with Crippen LogP contribution in [0.15, 0.2) is 23.4 Å². The number of nitrogens with one attached hydrogen (secondary N) is 1. The number of rotatable bonds is 2. The van der Waals surface area contributed by atoms with Crippen LogP contribution in [-0.2, 0) is 6.54 Å². The Hall–Kier alpha value is -1.65. The Kier molecular flexibility index (Phi) is 1.84. The summed E-state index contributed by atoms with van der Waals surface area (Å²) in [7, 11) is 0. The van der Waals surface area contributed by atoms with Crippen molar-refractivity contribution in [3.63, 3.8) is 0 Å².